The number of phosphoric ester groups is 4. The number of phosphoric acid groups is 4. The van der Waals surface area contributed by atoms with E-state index >= 15 is 0 Å². The predicted molar refractivity (Wildman–Crippen MR) is 295 cm³/mol. The van der Waals surface area contributed by atoms with Crippen molar-refractivity contribution in [1.82, 2.24) is 34.1 Å². The molecule has 0 aliphatic carbocycles. The molecule has 89 heavy (non-hydrogen) atoms. The van der Waals surface area contributed by atoms with Crippen LogP contribution >= 0.6 is 45.6 Å². The summed E-state index contributed by atoms with van der Waals surface area (Å²) in [7, 11) is -24.8. The third kappa shape index (κ3) is 21.8. The van der Waals surface area contributed by atoms with Crippen molar-refractivity contribution in [2.75, 3.05) is 64.8 Å². The molecule has 0 spiro atoms. The van der Waals surface area contributed by atoms with Crippen molar-refractivity contribution in [2.24, 2.45) is 5.73 Å². The number of aliphatic hydroxyl groups is 1. The molecule has 4 aliphatic heterocycles. The lowest BCUT2D eigenvalue weighted by atomic mass is 10.2. The molecule has 14 N–H and O–H groups in total. The number of nitrogens with zero attached hydrogens (tertiary/aromatic N) is 5. The molecule has 0 saturated carbocycles. The van der Waals surface area contributed by atoms with Gasteiger partial charge in [-0.1, -0.05) is 0 Å². The van der Waals surface area contributed by atoms with Crippen molar-refractivity contribution in [2.45, 2.75) is 107 Å². The first kappa shape index (κ1) is 72.5. The van der Waals surface area contributed by atoms with Crippen LogP contribution in [0.25, 0.3) is 17.2 Å². The van der Waals surface area contributed by atoms with Crippen LogP contribution in [0.1, 0.15) is 69.4 Å². The molecular weight excluding hydrogens is 1350 g/mol. The number of amides is 2. The highest BCUT2D eigenvalue weighted by molar-refractivity contribution is 8.07. The van der Waals surface area contributed by atoms with Crippen LogP contribution in [-0.4, -0.2) is 193 Å². The van der Waals surface area contributed by atoms with Gasteiger partial charge >= 0.3 is 57.3 Å². The molecule has 4 aliphatic rings. The normalized spacial score (nSPS) is 26.8. The van der Waals surface area contributed by atoms with Gasteiger partial charge in [-0.15, -0.1) is 5.06 Å². The number of aromatic amines is 2. The number of nitrogens with two attached hydrogens (primary N) is 2. The first-order chi connectivity index (χ1) is 41.6. The summed E-state index contributed by atoms with van der Waals surface area (Å²) < 4.78 is 133. The number of rotatable bonds is 35. The van der Waals surface area contributed by atoms with E-state index in [1.165, 1.54) is 10.9 Å². The number of hydroxylamine groups is 2. The third-order valence-electron chi connectivity index (χ3n) is 12.5. The molecule has 49 heteroatoms. The van der Waals surface area contributed by atoms with Gasteiger partial charge < -0.3 is 83.4 Å². The molecule has 4 saturated heterocycles. The number of nitrogen functional groups attached to an aromatic ring is 1. The van der Waals surface area contributed by atoms with Crippen molar-refractivity contribution < 1.29 is 141 Å². The Morgan fingerprint density at radius 3 is 1.84 bits per heavy atom. The van der Waals surface area contributed by atoms with Crippen LogP contribution in [-0.2, 0) is 113 Å². The Morgan fingerprint density at radius 1 is 0.685 bits per heavy atom. The fourth-order valence-electron chi connectivity index (χ4n) is 8.56. The van der Waals surface area contributed by atoms with Gasteiger partial charge in [-0.2, -0.15) is 4.98 Å². The van der Waals surface area contributed by atoms with Crippen LogP contribution in [0.2, 0.25) is 0 Å². The highest BCUT2D eigenvalue weighted by Crippen LogP contribution is 2.53. The second kappa shape index (κ2) is 30.9. The van der Waals surface area contributed by atoms with E-state index in [-0.39, 0.29) is 60.7 Å². The number of fused-ring (bicyclic) bond motifs is 1. The van der Waals surface area contributed by atoms with E-state index in [1.807, 2.05) is 4.98 Å². The molecule has 7 heterocycles. The number of anilines is 1. The minimum atomic E-state index is -5.15. The summed E-state index contributed by atoms with van der Waals surface area (Å²) in [6, 6.07) is 0. The van der Waals surface area contributed by atoms with Gasteiger partial charge in [-0.05, 0) is 37.1 Å². The molecule has 10 unspecified atom stereocenters. The number of ether oxygens (including phenoxy) is 3. The Kier molecular flexibility index (Phi) is 25.2. The molecular formula is C40H61N9O33P6S. The van der Waals surface area contributed by atoms with E-state index in [0.717, 1.165) is 12.3 Å². The molecule has 0 radical (unpaired) electrons. The van der Waals surface area contributed by atoms with Gasteiger partial charge in [0.15, 0.2) is 11.2 Å². The Bertz CT molecular complexity index is 3530. The number of nitrogens with one attached hydrogen (secondary N) is 2. The minimum absolute atomic E-state index is 0.0376. The maximum atomic E-state index is 13.3. The summed E-state index contributed by atoms with van der Waals surface area (Å²) in [5.41, 5.74) is 7.99. The van der Waals surface area contributed by atoms with Gasteiger partial charge in [0.05, 0.1) is 77.0 Å². The van der Waals surface area contributed by atoms with E-state index in [1.54, 1.807) is 0 Å². The highest BCUT2D eigenvalue weighted by atomic mass is 32.5. The van der Waals surface area contributed by atoms with Crippen LogP contribution in [0.15, 0.2) is 33.0 Å². The van der Waals surface area contributed by atoms with Crippen molar-refractivity contribution in [3.63, 3.8) is 0 Å². The number of hydrogen-bond acceptors (Lipinski definition) is 31. The smallest absolute Gasteiger partial charge is 0.394 e. The summed E-state index contributed by atoms with van der Waals surface area (Å²) >= 11 is 5.15. The third-order valence-corrected chi connectivity index (χ3v) is 19.2. The van der Waals surface area contributed by atoms with Crippen LogP contribution in [0.3, 0.4) is 0 Å². The monoisotopic (exact) mass is 1410 g/mol. The van der Waals surface area contributed by atoms with Gasteiger partial charge in [-0.25, -0.2) is 32.8 Å². The SMILES string of the molecule is Nc1nc2c(ncn2[C@H]2CC(OP(=O)(O)OCCCP(=O)(O)OCCCOP(=O)(O)OCC3OC(n4cc(/C=C/C(=O)ON5C(=O)CCC5=O)c(=O)[nH]c4=O)CC3OP(=O)(O)OCCCOP(=O)(O)O)[C@@H](COP(O)(=S)OC3C[C@H](N)O[C@@H]3CO)O2)c(=O)[nH]1. The van der Waals surface area contributed by atoms with E-state index < -0.39 is 213 Å². The second-order valence-electron chi connectivity index (χ2n) is 19.2. The summed E-state index contributed by atoms with van der Waals surface area (Å²) in [5.74, 6) is -3.15. The number of aromatic nitrogens is 6. The quantitative estimate of drug-likeness (QED) is 0.0142. The summed E-state index contributed by atoms with van der Waals surface area (Å²) in [5, 5.41) is 9.87. The standard InChI is InChI=1S/C40H61N9O33P6S/c41-29-14-23(26(18-50)76-29)82-88(68,89)75-20-28-25(16-33(78-28)48-21-43-35-36(48)44-39(42)45-38(35)55)81-87(66,67)73-12-3-13-83(57,58)69-8-1-10-71-85(62,63)74-19-27-24(80-86(64,65)72-11-2-9-70-84(59,60)61)15-32(77-27)47-17-22(37(54)46-40(47)56)4-7-34(53)79-49-30(51)5-6-31(49)52/h4,7,17,21,23-29,32-33,50H,1-3,5-6,8-16,18-20,41H2,(H,57,58)(H,62,63)(H,64,65)(H,66,67)(H,68,89)(H,46,54,56)(H2,59,60,61)(H3,42,44,45,55)/b7-4+/t23?,24?,25?,26-,27?,28-,29-,32?,33-,88?/m1/s1. The van der Waals surface area contributed by atoms with E-state index in [9.17, 15) is 81.2 Å². The highest BCUT2D eigenvalue weighted by Gasteiger charge is 2.46. The lowest BCUT2D eigenvalue weighted by Gasteiger charge is -2.25. The second-order valence-corrected chi connectivity index (χ2v) is 29.5. The molecule has 0 bridgehead atoms. The molecule has 7 rings (SSSR count). The van der Waals surface area contributed by atoms with Crippen molar-refractivity contribution in [3.05, 3.63) is 55.4 Å². The number of imide groups is 1. The average molecular weight is 1410 g/mol. The maximum absolute atomic E-state index is 13.3. The molecule has 3 aromatic rings. The topological polar surface area (TPSA) is 601 Å². The molecule has 500 valence electrons. The van der Waals surface area contributed by atoms with Gasteiger partial charge in [0.25, 0.3) is 22.9 Å². The van der Waals surface area contributed by atoms with Crippen LogP contribution in [0.4, 0.5) is 5.95 Å². The number of hydrogen-bond donors (Lipinski definition) is 12. The maximum Gasteiger partial charge on any atom is 0.472 e. The fourth-order valence-corrected chi connectivity index (χ4v) is 14.2. The lowest BCUT2D eigenvalue weighted by Crippen LogP contribution is -2.33. The van der Waals surface area contributed by atoms with Gasteiger partial charge in [-0.3, -0.25) is 74.5 Å². The van der Waals surface area contributed by atoms with Crippen molar-refractivity contribution >= 4 is 98.4 Å². The first-order valence-corrected chi connectivity index (χ1v) is 36.4. The average Bonchev–Trinajstić information content (AvgIpc) is 4.49. The first-order valence-electron chi connectivity index (χ1n) is 26.0. The molecule has 4 fully saturated rings. The predicted octanol–water partition coefficient (Wildman–Crippen LogP) is -1.25. The van der Waals surface area contributed by atoms with Crippen LogP contribution < -0.4 is 28.3 Å². The zero-order valence-corrected chi connectivity index (χ0v) is 52.0. The van der Waals surface area contributed by atoms with Crippen molar-refractivity contribution in [3.8, 4) is 0 Å². The number of aliphatic hydroxyl groups excluding tert-OH is 1. The molecule has 14 atom stereocenters. The van der Waals surface area contributed by atoms with Gasteiger partial charge in [0.1, 0.15) is 49.2 Å². The zero-order valence-electron chi connectivity index (χ0n) is 45.8. The number of imidazole rings is 1. The Morgan fingerprint density at radius 2 is 1.24 bits per heavy atom. The van der Waals surface area contributed by atoms with Crippen LogP contribution in [0.5, 0.6) is 0 Å². The Balaban J connectivity index is 0.889. The largest absolute Gasteiger partial charge is 0.472 e. The summed E-state index contributed by atoms with van der Waals surface area (Å²) in [4.78, 5) is 162. The van der Waals surface area contributed by atoms with Crippen molar-refractivity contribution in [1.29, 1.82) is 0 Å². The molecule has 3 aromatic heterocycles. The van der Waals surface area contributed by atoms with Crippen LogP contribution in [0, 0.1) is 0 Å². The van der Waals surface area contributed by atoms with E-state index in [2.05, 4.69) is 19.5 Å². The van der Waals surface area contributed by atoms with E-state index in [4.69, 9.17) is 92.8 Å². The Hall–Kier alpha value is -3.90. The zero-order chi connectivity index (χ0) is 65.3. The van der Waals surface area contributed by atoms with E-state index in [0.29, 0.717) is 10.6 Å². The summed E-state index contributed by atoms with van der Waals surface area (Å²) in [6.45, 7) is -9.59. The molecule has 0 aromatic carbocycles. The number of H-pyrrole nitrogens is 2. The van der Waals surface area contributed by atoms with Gasteiger partial charge in [0.2, 0.25) is 5.95 Å². The molecule has 2 amide bonds. The number of carbonyl (C=O) groups is 3. The fraction of sp³-hybridized carbons (Fsp3) is 0.650. The minimum Gasteiger partial charge on any atom is -0.394 e. The lowest BCUT2D eigenvalue weighted by molar-refractivity contribution is -0.193. The Labute approximate surface area is 504 Å². The number of carbonyl (C=O) groups excluding carboxylic acids is 3. The summed E-state index contributed by atoms with van der Waals surface area (Å²) in [6.07, 6.45) is -11.0. The van der Waals surface area contributed by atoms with Gasteiger partial charge in [0, 0.05) is 44.4 Å². The molecule has 42 nitrogen and oxygen atoms in total.